The lowest BCUT2D eigenvalue weighted by molar-refractivity contribution is -0.137. The molecule has 1 atom stereocenters. The van der Waals surface area contributed by atoms with Gasteiger partial charge in [0.25, 0.3) is 5.56 Å². The van der Waals surface area contributed by atoms with E-state index < -0.39 is 5.97 Å². The van der Waals surface area contributed by atoms with E-state index >= 15 is 0 Å². The fraction of sp³-hybridized carbons (Fsp3) is 0.545. The van der Waals surface area contributed by atoms with Gasteiger partial charge in [-0.05, 0) is 12.8 Å². The summed E-state index contributed by atoms with van der Waals surface area (Å²) in [6.45, 7) is 4.68. The highest BCUT2D eigenvalue weighted by Gasteiger charge is 2.09. The van der Waals surface area contributed by atoms with Gasteiger partial charge in [0.1, 0.15) is 0 Å². The molecule has 0 saturated heterocycles. The smallest absolute Gasteiger partial charge is 0.303 e. The minimum absolute atomic E-state index is 0.0519. The van der Waals surface area contributed by atoms with E-state index in [0.29, 0.717) is 13.1 Å². The second-order valence-electron chi connectivity index (χ2n) is 3.95. The van der Waals surface area contributed by atoms with Crippen molar-refractivity contribution in [2.75, 3.05) is 11.9 Å². The molecule has 17 heavy (non-hydrogen) atoms. The Hall–Kier alpha value is -1.85. The van der Waals surface area contributed by atoms with E-state index in [0.717, 1.165) is 0 Å². The van der Waals surface area contributed by atoms with Gasteiger partial charge in [-0.1, -0.05) is 6.92 Å². The van der Waals surface area contributed by atoms with Gasteiger partial charge in [-0.15, -0.1) is 0 Å². The lowest BCUT2D eigenvalue weighted by Gasteiger charge is -2.11. The number of aliphatic carboxylic acids is 1. The van der Waals surface area contributed by atoms with Gasteiger partial charge in [0.15, 0.2) is 5.82 Å². The Morgan fingerprint density at radius 1 is 1.65 bits per heavy atom. The van der Waals surface area contributed by atoms with Crippen molar-refractivity contribution < 1.29 is 9.90 Å². The second-order valence-corrected chi connectivity index (χ2v) is 3.95. The lowest BCUT2D eigenvalue weighted by atomic mass is 10.1. The summed E-state index contributed by atoms with van der Waals surface area (Å²) < 4.78 is 1.54. The number of carboxylic acids is 1. The number of nitrogens with one attached hydrogen (secondary N) is 1. The van der Waals surface area contributed by atoms with Crippen LogP contribution in [0.4, 0.5) is 5.82 Å². The minimum atomic E-state index is -0.841. The van der Waals surface area contributed by atoms with Crippen molar-refractivity contribution in [1.29, 1.82) is 0 Å². The molecule has 1 aromatic heterocycles. The zero-order chi connectivity index (χ0) is 12.8. The van der Waals surface area contributed by atoms with Crippen LogP contribution < -0.4 is 10.9 Å². The monoisotopic (exact) mass is 239 g/mol. The average Bonchev–Trinajstić information content (AvgIpc) is 2.27. The molecule has 6 heteroatoms. The van der Waals surface area contributed by atoms with E-state index in [1.54, 1.807) is 12.4 Å². The van der Waals surface area contributed by atoms with Gasteiger partial charge in [0.2, 0.25) is 0 Å². The molecule has 2 N–H and O–H groups in total. The first kappa shape index (κ1) is 13.2. The molecule has 6 nitrogen and oxygen atoms in total. The molecule has 0 spiro atoms. The predicted octanol–water partition coefficient (Wildman–Crippen LogP) is 0.786. The molecule has 1 unspecified atom stereocenters. The Morgan fingerprint density at radius 3 is 2.94 bits per heavy atom. The molecule has 0 aromatic carbocycles. The largest absolute Gasteiger partial charge is 0.481 e. The topological polar surface area (TPSA) is 84.2 Å². The van der Waals surface area contributed by atoms with Gasteiger partial charge in [0, 0.05) is 31.9 Å². The molecule has 0 saturated carbocycles. The summed E-state index contributed by atoms with van der Waals surface area (Å²) in [4.78, 5) is 26.2. The molecule has 1 heterocycles. The Bertz CT molecular complexity index is 442. The Kier molecular flexibility index (Phi) is 4.68. The Balaban J connectivity index is 2.63. The minimum Gasteiger partial charge on any atom is -0.481 e. The number of carbonyl (C=O) groups is 1. The van der Waals surface area contributed by atoms with Gasteiger partial charge in [-0.3, -0.25) is 9.59 Å². The van der Waals surface area contributed by atoms with Crippen molar-refractivity contribution in [3.63, 3.8) is 0 Å². The SMILES string of the molecule is CCn1ccnc(NCC(C)CC(=O)O)c1=O. The Morgan fingerprint density at radius 2 is 2.35 bits per heavy atom. The van der Waals surface area contributed by atoms with E-state index in [9.17, 15) is 9.59 Å². The van der Waals surface area contributed by atoms with Gasteiger partial charge < -0.3 is 15.0 Å². The number of rotatable bonds is 6. The van der Waals surface area contributed by atoms with Crippen LogP contribution in [0.5, 0.6) is 0 Å². The maximum absolute atomic E-state index is 11.8. The van der Waals surface area contributed by atoms with Gasteiger partial charge in [-0.2, -0.15) is 0 Å². The predicted molar refractivity (Wildman–Crippen MR) is 64.1 cm³/mol. The van der Waals surface area contributed by atoms with Crippen LogP contribution in [0.25, 0.3) is 0 Å². The Labute approximate surface area is 99.3 Å². The van der Waals surface area contributed by atoms with E-state index in [2.05, 4.69) is 10.3 Å². The third-order valence-corrected chi connectivity index (χ3v) is 2.40. The lowest BCUT2D eigenvalue weighted by Crippen LogP contribution is -2.26. The summed E-state index contributed by atoms with van der Waals surface area (Å²) in [5.74, 6) is -0.623. The normalized spacial score (nSPS) is 12.1. The highest BCUT2D eigenvalue weighted by Crippen LogP contribution is 2.02. The van der Waals surface area contributed by atoms with E-state index in [1.165, 1.54) is 4.57 Å². The third-order valence-electron chi connectivity index (χ3n) is 2.40. The number of carboxylic acid groups (broad SMARTS) is 1. The van der Waals surface area contributed by atoms with Crippen molar-refractivity contribution >= 4 is 11.8 Å². The van der Waals surface area contributed by atoms with E-state index in [1.807, 2.05) is 13.8 Å². The molecule has 94 valence electrons. The number of nitrogens with zero attached hydrogens (tertiary/aromatic N) is 2. The molecule has 0 radical (unpaired) electrons. The van der Waals surface area contributed by atoms with Gasteiger partial charge >= 0.3 is 5.97 Å². The second kappa shape index (κ2) is 6.03. The summed E-state index contributed by atoms with van der Waals surface area (Å²) in [5.41, 5.74) is -0.183. The van der Waals surface area contributed by atoms with Crippen LogP contribution in [0.2, 0.25) is 0 Å². The molecule has 1 aromatic rings. The van der Waals surface area contributed by atoms with Crippen LogP contribution in [0.3, 0.4) is 0 Å². The number of hydrogen-bond donors (Lipinski definition) is 2. The number of aromatic nitrogens is 2. The first-order valence-corrected chi connectivity index (χ1v) is 5.55. The van der Waals surface area contributed by atoms with E-state index in [4.69, 9.17) is 5.11 Å². The molecular formula is C11H17N3O3. The van der Waals surface area contributed by atoms with Crippen molar-refractivity contribution in [2.24, 2.45) is 5.92 Å². The molecule has 1 rings (SSSR count). The van der Waals surface area contributed by atoms with E-state index in [-0.39, 0.29) is 23.7 Å². The highest BCUT2D eigenvalue weighted by atomic mass is 16.4. The molecular weight excluding hydrogens is 222 g/mol. The summed E-state index contributed by atoms with van der Waals surface area (Å²) >= 11 is 0. The maximum atomic E-state index is 11.8. The molecule has 0 bridgehead atoms. The summed E-state index contributed by atoms with van der Waals surface area (Å²) in [6, 6.07) is 0. The fourth-order valence-corrected chi connectivity index (χ4v) is 1.46. The summed E-state index contributed by atoms with van der Waals surface area (Å²) in [5, 5.41) is 11.5. The van der Waals surface area contributed by atoms with Gasteiger partial charge in [0.05, 0.1) is 0 Å². The quantitative estimate of drug-likeness (QED) is 0.766. The summed E-state index contributed by atoms with van der Waals surface area (Å²) in [6.07, 6.45) is 3.24. The molecule has 0 amide bonds. The fourth-order valence-electron chi connectivity index (χ4n) is 1.46. The standard InChI is InChI=1S/C11H17N3O3/c1-3-14-5-4-12-10(11(14)17)13-7-8(2)6-9(15)16/h4-5,8H,3,6-7H2,1-2H3,(H,12,13)(H,15,16). The zero-order valence-electron chi connectivity index (χ0n) is 10.0. The third kappa shape index (κ3) is 3.90. The van der Waals surface area contributed by atoms with Crippen LogP contribution in [-0.4, -0.2) is 27.2 Å². The van der Waals surface area contributed by atoms with Crippen LogP contribution >= 0.6 is 0 Å². The first-order valence-electron chi connectivity index (χ1n) is 5.55. The van der Waals surface area contributed by atoms with Crippen LogP contribution in [0, 0.1) is 5.92 Å². The van der Waals surface area contributed by atoms with Crippen molar-refractivity contribution in [3.8, 4) is 0 Å². The van der Waals surface area contributed by atoms with Gasteiger partial charge in [-0.25, -0.2) is 4.98 Å². The highest BCUT2D eigenvalue weighted by molar-refractivity contribution is 5.67. The maximum Gasteiger partial charge on any atom is 0.303 e. The van der Waals surface area contributed by atoms with Crippen molar-refractivity contribution in [1.82, 2.24) is 9.55 Å². The molecule has 0 aliphatic heterocycles. The molecule has 0 aliphatic carbocycles. The summed E-state index contributed by atoms with van der Waals surface area (Å²) in [7, 11) is 0. The average molecular weight is 239 g/mol. The molecule has 0 fully saturated rings. The number of aryl methyl sites for hydroxylation is 1. The van der Waals surface area contributed by atoms with Crippen LogP contribution in [0.1, 0.15) is 20.3 Å². The first-order chi connectivity index (χ1) is 8.04. The van der Waals surface area contributed by atoms with Crippen LogP contribution in [-0.2, 0) is 11.3 Å². The number of hydrogen-bond acceptors (Lipinski definition) is 4. The van der Waals surface area contributed by atoms with Crippen molar-refractivity contribution in [2.45, 2.75) is 26.8 Å². The van der Waals surface area contributed by atoms with Crippen molar-refractivity contribution in [3.05, 3.63) is 22.7 Å². The zero-order valence-corrected chi connectivity index (χ0v) is 10.0. The number of anilines is 1. The van der Waals surface area contributed by atoms with Crippen LogP contribution in [0.15, 0.2) is 17.2 Å². The molecule has 0 aliphatic rings.